The SMILES string of the molecule is CC.O=C(NCCc1csc(-c2ccccc2)n1)c1ccccc1C1CC1. The van der Waals surface area contributed by atoms with Crippen molar-refractivity contribution >= 4 is 17.2 Å². The minimum absolute atomic E-state index is 0.0287. The van der Waals surface area contributed by atoms with Gasteiger partial charge in [0.2, 0.25) is 0 Å². The number of benzene rings is 2. The lowest BCUT2D eigenvalue weighted by molar-refractivity contribution is 0.0953. The zero-order chi connectivity index (χ0) is 19.1. The van der Waals surface area contributed by atoms with Crippen molar-refractivity contribution in [2.75, 3.05) is 6.54 Å². The Kier molecular flexibility index (Phi) is 6.77. The van der Waals surface area contributed by atoms with Crippen LogP contribution in [0, 0.1) is 0 Å². The maximum Gasteiger partial charge on any atom is 0.251 e. The van der Waals surface area contributed by atoms with Crippen LogP contribution in [0.15, 0.2) is 60.0 Å². The fraction of sp³-hybridized carbons (Fsp3) is 0.304. The second kappa shape index (κ2) is 9.47. The number of aromatic nitrogens is 1. The first kappa shape index (κ1) is 19.3. The van der Waals surface area contributed by atoms with Gasteiger partial charge < -0.3 is 5.32 Å². The molecule has 1 aliphatic carbocycles. The largest absolute Gasteiger partial charge is 0.352 e. The third-order valence-electron chi connectivity index (χ3n) is 4.46. The van der Waals surface area contributed by atoms with E-state index in [2.05, 4.69) is 33.9 Å². The first-order chi connectivity index (χ1) is 13.3. The van der Waals surface area contributed by atoms with E-state index in [1.807, 2.05) is 50.2 Å². The van der Waals surface area contributed by atoms with E-state index in [9.17, 15) is 4.79 Å². The normalized spacial score (nSPS) is 12.8. The molecule has 0 atom stereocenters. The lowest BCUT2D eigenvalue weighted by Gasteiger charge is -2.09. The molecule has 1 fully saturated rings. The number of nitrogens with one attached hydrogen (secondary N) is 1. The predicted octanol–water partition coefficient (Wildman–Crippen LogP) is 5.69. The van der Waals surface area contributed by atoms with Gasteiger partial charge in [0.25, 0.3) is 5.91 Å². The Labute approximate surface area is 165 Å². The Hall–Kier alpha value is -2.46. The second-order valence-corrected chi connectivity index (χ2v) is 7.24. The van der Waals surface area contributed by atoms with Crippen LogP contribution in [0.25, 0.3) is 10.6 Å². The number of hydrogen-bond acceptors (Lipinski definition) is 3. The summed E-state index contributed by atoms with van der Waals surface area (Å²) < 4.78 is 0. The van der Waals surface area contributed by atoms with Gasteiger partial charge in [-0.15, -0.1) is 11.3 Å². The van der Waals surface area contributed by atoms with E-state index >= 15 is 0 Å². The minimum Gasteiger partial charge on any atom is -0.352 e. The number of nitrogens with zero attached hydrogens (tertiary/aromatic N) is 1. The number of carbonyl (C=O) groups is 1. The summed E-state index contributed by atoms with van der Waals surface area (Å²) in [4.78, 5) is 17.2. The molecule has 4 rings (SSSR count). The van der Waals surface area contributed by atoms with Gasteiger partial charge >= 0.3 is 0 Å². The molecule has 27 heavy (non-hydrogen) atoms. The Morgan fingerprint density at radius 2 is 1.78 bits per heavy atom. The van der Waals surface area contributed by atoms with E-state index in [0.717, 1.165) is 28.2 Å². The van der Waals surface area contributed by atoms with Gasteiger partial charge in [0.1, 0.15) is 5.01 Å². The molecular formula is C23H26N2OS. The molecule has 3 aromatic rings. The van der Waals surface area contributed by atoms with E-state index in [1.165, 1.54) is 18.4 Å². The van der Waals surface area contributed by atoms with Crippen molar-refractivity contribution in [1.29, 1.82) is 0 Å². The molecule has 0 radical (unpaired) electrons. The van der Waals surface area contributed by atoms with E-state index in [-0.39, 0.29) is 5.91 Å². The molecule has 1 heterocycles. The first-order valence-corrected chi connectivity index (χ1v) is 10.6. The molecule has 1 saturated carbocycles. The lowest BCUT2D eigenvalue weighted by atomic mass is 10.0. The zero-order valence-electron chi connectivity index (χ0n) is 15.9. The molecular weight excluding hydrogens is 352 g/mol. The first-order valence-electron chi connectivity index (χ1n) is 9.68. The van der Waals surface area contributed by atoms with Crippen molar-refractivity contribution < 1.29 is 4.79 Å². The van der Waals surface area contributed by atoms with Crippen LogP contribution in [0.2, 0.25) is 0 Å². The summed E-state index contributed by atoms with van der Waals surface area (Å²) >= 11 is 1.65. The Morgan fingerprint density at radius 3 is 2.52 bits per heavy atom. The maximum atomic E-state index is 12.5. The zero-order valence-corrected chi connectivity index (χ0v) is 16.8. The minimum atomic E-state index is 0.0287. The number of hydrogen-bond donors (Lipinski definition) is 1. The van der Waals surface area contributed by atoms with Crippen molar-refractivity contribution in [2.45, 2.75) is 39.0 Å². The van der Waals surface area contributed by atoms with Gasteiger partial charge in [-0.3, -0.25) is 4.79 Å². The standard InChI is InChI=1S/C21H20N2OS.C2H6/c24-20(19-9-5-4-8-18(19)15-10-11-15)22-13-12-17-14-25-21(23-17)16-6-2-1-3-7-16;1-2/h1-9,14-15H,10-13H2,(H,22,24);1-2H3. The van der Waals surface area contributed by atoms with Crippen LogP contribution in [-0.4, -0.2) is 17.4 Å². The summed E-state index contributed by atoms with van der Waals surface area (Å²) in [7, 11) is 0. The maximum absolute atomic E-state index is 12.5. The topological polar surface area (TPSA) is 42.0 Å². The van der Waals surface area contributed by atoms with Gasteiger partial charge in [-0.25, -0.2) is 4.98 Å². The van der Waals surface area contributed by atoms with E-state index < -0.39 is 0 Å². The number of rotatable bonds is 6. The highest BCUT2D eigenvalue weighted by molar-refractivity contribution is 7.13. The highest BCUT2D eigenvalue weighted by Gasteiger charge is 2.27. The van der Waals surface area contributed by atoms with Crippen molar-refractivity contribution in [3.63, 3.8) is 0 Å². The molecule has 1 aromatic heterocycles. The monoisotopic (exact) mass is 378 g/mol. The second-order valence-electron chi connectivity index (χ2n) is 6.38. The van der Waals surface area contributed by atoms with Gasteiger partial charge in [0, 0.05) is 29.5 Å². The molecule has 0 bridgehead atoms. The van der Waals surface area contributed by atoms with E-state index in [0.29, 0.717) is 12.5 Å². The summed E-state index contributed by atoms with van der Waals surface area (Å²) in [6.45, 7) is 4.61. The number of amides is 1. The summed E-state index contributed by atoms with van der Waals surface area (Å²) in [5, 5.41) is 6.15. The van der Waals surface area contributed by atoms with Crippen LogP contribution in [-0.2, 0) is 6.42 Å². The van der Waals surface area contributed by atoms with E-state index in [1.54, 1.807) is 11.3 Å². The van der Waals surface area contributed by atoms with Crippen LogP contribution < -0.4 is 5.32 Å². The summed E-state index contributed by atoms with van der Waals surface area (Å²) in [5.41, 5.74) is 4.19. The van der Waals surface area contributed by atoms with E-state index in [4.69, 9.17) is 0 Å². The molecule has 4 heteroatoms. The third kappa shape index (κ3) is 5.04. The van der Waals surface area contributed by atoms with Crippen LogP contribution in [0.5, 0.6) is 0 Å². The summed E-state index contributed by atoms with van der Waals surface area (Å²) in [6, 6.07) is 18.2. The van der Waals surface area contributed by atoms with Crippen molar-refractivity contribution in [3.8, 4) is 10.6 Å². The molecule has 1 aliphatic rings. The fourth-order valence-corrected chi connectivity index (χ4v) is 3.85. The highest BCUT2D eigenvalue weighted by atomic mass is 32.1. The van der Waals surface area contributed by atoms with Gasteiger partial charge in [0.15, 0.2) is 0 Å². The fourth-order valence-electron chi connectivity index (χ4n) is 2.99. The van der Waals surface area contributed by atoms with Crippen LogP contribution in [0.3, 0.4) is 0 Å². The molecule has 0 unspecified atom stereocenters. The molecule has 3 nitrogen and oxygen atoms in total. The van der Waals surface area contributed by atoms with Crippen molar-refractivity contribution in [3.05, 3.63) is 76.8 Å². The van der Waals surface area contributed by atoms with Crippen LogP contribution in [0.4, 0.5) is 0 Å². The Bertz CT molecular complexity index is 869. The average Bonchev–Trinajstić information content (AvgIpc) is 3.48. The predicted molar refractivity (Wildman–Crippen MR) is 113 cm³/mol. The molecule has 1 N–H and O–H groups in total. The average molecular weight is 379 g/mol. The van der Waals surface area contributed by atoms with Gasteiger partial charge in [-0.2, -0.15) is 0 Å². The van der Waals surface area contributed by atoms with Gasteiger partial charge in [0.05, 0.1) is 5.69 Å². The molecule has 0 aliphatic heterocycles. The van der Waals surface area contributed by atoms with Gasteiger partial charge in [-0.1, -0.05) is 62.4 Å². The number of carbonyl (C=O) groups excluding carboxylic acids is 1. The Balaban J connectivity index is 0.00000102. The molecule has 0 spiro atoms. The highest BCUT2D eigenvalue weighted by Crippen LogP contribution is 2.41. The number of thiazole rings is 1. The smallest absolute Gasteiger partial charge is 0.251 e. The van der Waals surface area contributed by atoms with Gasteiger partial charge in [-0.05, 0) is 30.4 Å². The molecule has 140 valence electrons. The van der Waals surface area contributed by atoms with Crippen LogP contribution >= 0.6 is 11.3 Å². The van der Waals surface area contributed by atoms with Crippen molar-refractivity contribution in [2.24, 2.45) is 0 Å². The quantitative estimate of drug-likeness (QED) is 0.599. The Morgan fingerprint density at radius 1 is 1.07 bits per heavy atom. The lowest BCUT2D eigenvalue weighted by Crippen LogP contribution is -2.26. The molecule has 0 saturated heterocycles. The molecule has 1 amide bonds. The van der Waals surface area contributed by atoms with Crippen molar-refractivity contribution in [1.82, 2.24) is 10.3 Å². The molecule has 2 aromatic carbocycles. The summed E-state index contributed by atoms with van der Waals surface area (Å²) in [5.74, 6) is 0.606. The summed E-state index contributed by atoms with van der Waals surface area (Å²) in [6.07, 6.45) is 3.15. The van der Waals surface area contributed by atoms with Crippen LogP contribution in [0.1, 0.15) is 54.2 Å². The third-order valence-corrected chi connectivity index (χ3v) is 5.40.